The van der Waals surface area contributed by atoms with Gasteiger partial charge in [-0.05, 0) is 25.5 Å². The Balaban J connectivity index is 2.96. The maximum atomic E-state index is 13.7. The first-order valence-electron chi connectivity index (χ1n) is 5.51. The summed E-state index contributed by atoms with van der Waals surface area (Å²) in [4.78, 5) is -0.144. The molecule has 0 aliphatic rings. The van der Waals surface area contributed by atoms with Crippen LogP contribution in [-0.2, 0) is 0 Å². The summed E-state index contributed by atoms with van der Waals surface area (Å²) in [6.45, 7) is 3.95. The molecule has 0 radical (unpaired) electrons. The van der Waals surface area contributed by atoms with Crippen LogP contribution in [0.2, 0.25) is 0 Å². The molecule has 1 atom stereocenters. The molecule has 0 saturated carbocycles. The average molecular weight is 258 g/mol. The Morgan fingerprint density at radius 3 is 2.59 bits per heavy atom. The molecule has 0 heterocycles. The van der Waals surface area contributed by atoms with Gasteiger partial charge in [-0.1, -0.05) is 25.6 Å². The Labute approximate surface area is 105 Å². The van der Waals surface area contributed by atoms with Gasteiger partial charge >= 0.3 is 0 Å². The Morgan fingerprint density at radius 2 is 2.06 bits per heavy atom. The van der Waals surface area contributed by atoms with Gasteiger partial charge in [0.1, 0.15) is 4.99 Å². The lowest BCUT2D eigenvalue weighted by atomic mass is 10.1. The zero-order chi connectivity index (χ0) is 13.0. The van der Waals surface area contributed by atoms with E-state index in [4.69, 9.17) is 5.73 Å². The Morgan fingerprint density at radius 1 is 1.41 bits per heavy atom. The zero-order valence-electron chi connectivity index (χ0n) is 9.89. The summed E-state index contributed by atoms with van der Waals surface area (Å²) in [5.74, 6) is -1.93. The van der Waals surface area contributed by atoms with Crippen LogP contribution in [0.15, 0.2) is 12.1 Å². The summed E-state index contributed by atoms with van der Waals surface area (Å²) >= 11 is 4.63. The van der Waals surface area contributed by atoms with E-state index in [2.05, 4.69) is 17.5 Å². The fourth-order valence-electron chi connectivity index (χ4n) is 1.62. The molecular formula is C12H16F2N2S. The third-order valence-electron chi connectivity index (χ3n) is 2.47. The van der Waals surface area contributed by atoms with E-state index in [1.165, 1.54) is 12.1 Å². The lowest BCUT2D eigenvalue weighted by molar-refractivity contribution is 0.508. The van der Waals surface area contributed by atoms with E-state index in [-0.39, 0.29) is 22.3 Å². The van der Waals surface area contributed by atoms with Crippen molar-refractivity contribution in [2.24, 2.45) is 5.73 Å². The second-order valence-corrected chi connectivity index (χ2v) is 4.43. The minimum absolute atomic E-state index is 0.0637. The number of hydrogen-bond acceptors (Lipinski definition) is 2. The molecule has 2 nitrogen and oxygen atoms in total. The molecule has 5 heteroatoms. The molecule has 0 aromatic heterocycles. The molecule has 0 aliphatic carbocycles. The van der Waals surface area contributed by atoms with Crippen molar-refractivity contribution in [2.75, 3.05) is 5.32 Å². The van der Waals surface area contributed by atoms with Gasteiger partial charge in [0.15, 0.2) is 11.6 Å². The Bertz CT molecular complexity index is 421. The number of nitrogens with one attached hydrogen (secondary N) is 1. The summed E-state index contributed by atoms with van der Waals surface area (Å²) in [5.41, 5.74) is 5.37. The smallest absolute Gasteiger partial charge is 0.182 e. The van der Waals surface area contributed by atoms with Crippen molar-refractivity contribution >= 4 is 22.9 Å². The fraction of sp³-hybridized carbons (Fsp3) is 0.417. The molecule has 1 aromatic rings. The quantitative estimate of drug-likeness (QED) is 0.796. The number of benzene rings is 1. The van der Waals surface area contributed by atoms with E-state index in [0.29, 0.717) is 0 Å². The molecule has 0 amide bonds. The van der Waals surface area contributed by atoms with Crippen molar-refractivity contribution in [1.82, 2.24) is 0 Å². The number of rotatable bonds is 5. The number of hydrogen-bond donors (Lipinski definition) is 2. The van der Waals surface area contributed by atoms with Crippen LogP contribution in [-0.4, -0.2) is 11.0 Å². The topological polar surface area (TPSA) is 38.0 Å². The van der Waals surface area contributed by atoms with Gasteiger partial charge in [-0.2, -0.15) is 0 Å². The first-order chi connectivity index (χ1) is 7.97. The first kappa shape index (κ1) is 13.8. The third-order valence-corrected chi connectivity index (χ3v) is 2.69. The monoisotopic (exact) mass is 258 g/mol. The van der Waals surface area contributed by atoms with Gasteiger partial charge < -0.3 is 11.1 Å². The van der Waals surface area contributed by atoms with E-state index < -0.39 is 11.6 Å². The van der Waals surface area contributed by atoms with Gasteiger partial charge in [0.2, 0.25) is 0 Å². The van der Waals surface area contributed by atoms with E-state index in [0.717, 1.165) is 12.8 Å². The number of thiocarbonyl (C=S) groups is 1. The molecule has 0 aliphatic heterocycles. The van der Waals surface area contributed by atoms with Gasteiger partial charge in [-0.25, -0.2) is 8.78 Å². The highest BCUT2D eigenvalue weighted by Crippen LogP contribution is 2.21. The summed E-state index contributed by atoms with van der Waals surface area (Å²) in [6, 6.07) is 2.94. The van der Waals surface area contributed by atoms with Gasteiger partial charge in [-0.3, -0.25) is 0 Å². The average Bonchev–Trinajstić information content (AvgIpc) is 2.25. The molecule has 0 saturated heterocycles. The lowest BCUT2D eigenvalue weighted by Crippen LogP contribution is -2.18. The summed E-state index contributed by atoms with van der Waals surface area (Å²) in [5, 5.41) is 2.92. The van der Waals surface area contributed by atoms with Crippen molar-refractivity contribution in [1.29, 1.82) is 0 Å². The van der Waals surface area contributed by atoms with Crippen LogP contribution in [0, 0.1) is 11.6 Å². The predicted molar refractivity (Wildman–Crippen MR) is 70.2 cm³/mol. The first-order valence-corrected chi connectivity index (χ1v) is 5.92. The fourth-order valence-corrected chi connectivity index (χ4v) is 1.78. The van der Waals surface area contributed by atoms with Gasteiger partial charge in [0.05, 0.1) is 5.69 Å². The molecule has 0 fully saturated rings. The predicted octanol–water partition coefficient (Wildman–Crippen LogP) is 3.20. The van der Waals surface area contributed by atoms with Gasteiger partial charge in [0.25, 0.3) is 0 Å². The summed E-state index contributed by atoms with van der Waals surface area (Å²) in [6.07, 6.45) is 1.86. The molecule has 1 unspecified atom stereocenters. The van der Waals surface area contributed by atoms with Crippen LogP contribution in [0.3, 0.4) is 0 Å². The second kappa shape index (κ2) is 5.91. The van der Waals surface area contributed by atoms with Crippen molar-refractivity contribution in [3.05, 3.63) is 29.3 Å². The zero-order valence-corrected chi connectivity index (χ0v) is 10.7. The van der Waals surface area contributed by atoms with E-state index in [1.54, 1.807) is 0 Å². The van der Waals surface area contributed by atoms with E-state index in [9.17, 15) is 8.78 Å². The molecule has 1 aromatic carbocycles. The van der Waals surface area contributed by atoms with Crippen molar-refractivity contribution in [3.63, 3.8) is 0 Å². The number of anilines is 1. The highest BCUT2D eigenvalue weighted by atomic mass is 32.1. The molecular weight excluding hydrogens is 242 g/mol. The SMILES string of the molecule is CCCC(C)Nc1ccc(C(N)=S)c(F)c1F. The number of halogens is 2. The molecule has 0 bridgehead atoms. The maximum Gasteiger partial charge on any atom is 0.182 e. The Hall–Kier alpha value is -1.23. The minimum atomic E-state index is -0.994. The van der Waals surface area contributed by atoms with Crippen LogP contribution in [0.5, 0.6) is 0 Å². The highest BCUT2D eigenvalue weighted by molar-refractivity contribution is 7.80. The van der Waals surface area contributed by atoms with Crippen LogP contribution in [0.4, 0.5) is 14.5 Å². The molecule has 17 heavy (non-hydrogen) atoms. The molecule has 94 valence electrons. The van der Waals surface area contributed by atoms with Crippen LogP contribution in [0.1, 0.15) is 32.3 Å². The van der Waals surface area contributed by atoms with Crippen LogP contribution < -0.4 is 11.1 Å². The second-order valence-electron chi connectivity index (χ2n) is 3.99. The number of nitrogens with two attached hydrogens (primary N) is 1. The maximum absolute atomic E-state index is 13.7. The third kappa shape index (κ3) is 3.36. The van der Waals surface area contributed by atoms with Crippen LogP contribution in [0.25, 0.3) is 0 Å². The largest absolute Gasteiger partial charge is 0.389 e. The van der Waals surface area contributed by atoms with Crippen molar-refractivity contribution in [3.8, 4) is 0 Å². The minimum Gasteiger partial charge on any atom is -0.389 e. The molecule has 0 spiro atoms. The van der Waals surface area contributed by atoms with E-state index >= 15 is 0 Å². The van der Waals surface area contributed by atoms with Crippen molar-refractivity contribution < 1.29 is 8.78 Å². The van der Waals surface area contributed by atoms with Crippen LogP contribution >= 0.6 is 12.2 Å². The summed E-state index contributed by atoms with van der Waals surface area (Å²) in [7, 11) is 0. The van der Waals surface area contributed by atoms with Gasteiger partial charge in [0, 0.05) is 11.6 Å². The van der Waals surface area contributed by atoms with E-state index in [1.807, 2.05) is 13.8 Å². The standard InChI is InChI=1S/C12H16F2N2S/c1-3-4-7(2)16-9-6-5-8(12(15)17)10(13)11(9)14/h5-7,16H,3-4H2,1-2H3,(H2,15,17). The normalized spacial score (nSPS) is 12.2. The summed E-state index contributed by atoms with van der Waals surface area (Å²) < 4.78 is 27.2. The Kier molecular flexibility index (Phi) is 4.81. The van der Waals surface area contributed by atoms with Gasteiger partial charge in [-0.15, -0.1) is 0 Å². The van der Waals surface area contributed by atoms with Crippen molar-refractivity contribution in [2.45, 2.75) is 32.7 Å². The lowest BCUT2D eigenvalue weighted by Gasteiger charge is -2.15. The highest BCUT2D eigenvalue weighted by Gasteiger charge is 2.15. The molecule has 3 N–H and O–H groups in total. The molecule has 1 rings (SSSR count).